The van der Waals surface area contributed by atoms with E-state index in [0.717, 1.165) is 5.69 Å². The summed E-state index contributed by atoms with van der Waals surface area (Å²) >= 11 is 5.78. The van der Waals surface area contributed by atoms with Crippen LogP contribution in [0.15, 0.2) is 36.5 Å². The molecule has 0 aliphatic carbocycles. The number of carbonyl (C=O) groups excluding carboxylic acids is 1. The first-order valence-corrected chi connectivity index (χ1v) is 4.95. The van der Waals surface area contributed by atoms with Crippen LogP contribution in [0.3, 0.4) is 0 Å². The zero-order valence-electron chi connectivity index (χ0n) is 8.37. The van der Waals surface area contributed by atoms with E-state index in [-0.39, 0.29) is 5.97 Å². The Hall–Kier alpha value is -1.48. The lowest BCUT2D eigenvalue weighted by atomic mass is 10.3. The Labute approximate surface area is 93.7 Å². The Morgan fingerprint density at radius 3 is 3.07 bits per heavy atom. The van der Waals surface area contributed by atoms with Crippen LogP contribution in [0.25, 0.3) is 0 Å². The fourth-order valence-electron chi connectivity index (χ4n) is 0.975. The minimum Gasteiger partial charge on any atom is -0.463 e. The van der Waals surface area contributed by atoms with Gasteiger partial charge in [0.25, 0.3) is 0 Å². The van der Waals surface area contributed by atoms with Crippen molar-refractivity contribution in [2.45, 2.75) is 6.92 Å². The van der Waals surface area contributed by atoms with E-state index in [1.165, 1.54) is 12.3 Å². The number of benzene rings is 1. The third-order valence-electron chi connectivity index (χ3n) is 1.58. The molecule has 3 nitrogen and oxygen atoms in total. The number of hydrogen-bond acceptors (Lipinski definition) is 3. The topological polar surface area (TPSA) is 38.3 Å². The number of halogens is 1. The predicted octanol–water partition coefficient (Wildman–Crippen LogP) is 2.83. The minimum absolute atomic E-state index is 0.368. The maximum atomic E-state index is 10.9. The lowest BCUT2D eigenvalue weighted by Gasteiger charge is -2.00. The van der Waals surface area contributed by atoms with Gasteiger partial charge in [-0.3, -0.25) is 0 Å². The molecule has 1 aromatic carbocycles. The normalized spacial score (nSPS) is 10.3. The van der Waals surface area contributed by atoms with Crippen LogP contribution < -0.4 is 5.32 Å². The SMILES string of the molecule is CCOC(=O)/C=C\Nc1cccc(Cl)c1. The number of hydrogen-bond donors (Lipinski definition) is 1. The first-order valence-electron chi connectivity index (χ1n) is 4.58. The summed E-state index contributed by atoms with van der Waals surface area (Å²) in [5.41, 5.74) is 0.822. The first-order chi connectivity index (χ1) is 7.22. The molecule has 0 amide bonds. The molecule has 1 rings (SSSR count). The van der Waals surface area contributed by atoms with Crippen LogP contribution in [0.2, 0.25) is 5.02 Å². The zero-order valence-corrected chi connectivity index (χ0v) is 9.12. The third kappa shape index (κ3) is 4.51. The van der Waals surface area contributed by atoms with E-state index in [1.54, 1.807) is 19.1 Å². The quantitative estimate of drug-likeness (QED) is 0.633. The lowest BCUT2D eigenvalue weighted by Crippen LogP contribution is -2.00. The lowest BCUT2D eigenvalue weighted by molar-refractivity contribution is -0.137. The Bertz CT molecular complexity index is 363. The molecule has 0 saturated carbocycles. The average molecular weight is 226 g/mol. The molecule has 0 fully saturated rings. The molecule has 1 N–H and O–H groups in total. The van der Waals surface area contributed by atoms with Crippen LogP contribution in [0.4, 0.5) is 5.69 Å². The minimum atomic E-state index is -0.368. The number of ether oxygens (including phenoxy) is 1. The second-order valence-electron chi connectivity index (χ2n) is 2.74. The van der Waals surface area contributed by atoms with E-state index in [9.17, 15) is 4.79 Å². The van der Waals surface area contributed by atoms with Gasteiger partial charge in [-0.25, -0.2) is 4.79 Å². The summed E-state index contributed by atoms with van der Waals surface area (Å²) in [6.07, 6.45) is 2.84. The molecule has 0 spiro atoms. The number of carbonyl (C=O) groups is 1. The monoisotopic (exact) mass is 225 g/mol. The number of anilines is 1. The molecule has 0 aliphatic rings. The summed E-state index contributed by atoms with van der Waals surface area (Å²) in [5, 5.41) is 3.55. The summed E-state index contributed by atoms with van der Waals surface area (Å²) in [6.45, 7) is 2.14. The average Bonchev–Trinajstić information content (AvgIpc) is 2.18. The largest absolute Gasteiger partial charge is 0.463 e. The molecule has 0 radical (unpaired) electrons. The first kappa shape index (κ1) is 11.6. The molecular weight excluding hydrogens is 214 g/mol. The summed E-state index contributed by atoms with van der Waals surface area (Å²) in [7, 11) is 0. The van der Waals surface area contributed by atoms with E-state index in [2.05, 4.69) is 5.32 Å². The van der Waals surface area contributed by atoms with Crippen molar-refractivity contribution in [3.8, 4) is 0 Å². The maximum absolute atomic E-state index is 10.9. The predicted molar refractivity (Wildman–Crippen MR) is 60.8 cm³/mol. The van der Waals surface area contributed by atoms with E-state index >= 15 is 0 Å². The molecule has 1 aromatic rings. The van der Waals surface area contributed by atoms with Crippen molar-refractivity contribution >= 4 is 23.3 Å². The van der Waals surface area contributed by atoms with Crippen LogP contribution in [0.1, 0.15) is 6.92 Å². The number of nitrogens with one attached hydrogen (secondary N) is 1. The molecule has 0 aromatic heterocycles. The van der Waals surface area contributed by atoms with Crippen LogP contribution in [0.5, 0.6) is 0 Å². The van der Waals surface area contributed by atoms with Crippen molar-refractivity contribution in [2.24, 2.45) is 0 Å². The smallest absolute Gasteiger partial charge is 0.332 e. The number of rotatable bonds is 4. The van der Waals surface area contributed by atoms with Crippen molar-refractivity contribution in [3.63, 3.8) is 0 Å². The van der Waals surface area contributed by atoms with E-state index in [1.807, 2.05) is 12.1 Å². The molecule has 0 heterocycles. The highest BCUT2D eigenvalue weighted by molar-refractivity contribution is 6.30. The van der Waals surface area contributed by atoms with Crippen LogP contribution in [0, 0.1) is 0 Å². The summed E-state index contributed by atoms with van der Waals surface area (Å²) in [4.78, 5) is 10.9. The summed E-state index contributed by atoms with van der Waals surface area (Å²) in [6, 6.07) is 7.21. The van der Waals surface area contributed by atoms with Gasteiger partial charge >= 0.3 is 5.97 Å². The Morgan fingerprint density at radius 2 is 2.40 bits per heavy atom. The molecule has 0 saturated heterocycles. The van der Waals surface area contributed by atoms with Crippen molar-refractivity contribution in [1.29, 1.82) is 0 Å². The molecule has 15 heavy (non-hydrogen) atoms. The maximum Gasteiger partial charge on any atom is 0.332 e. The highest BCUT2D eigenvalue weighted by Crippen LogP contribution is 2.14. The number of esters is 1. The molecule has 4 heteroatoms. The van der Waals surface area contributed by atoms with Crippen molar-refractivity contribution in [2.75, 3.05) is 11.9 Å². The summed E-state index contributed by atoms with van der Waals surface area (Å²) in [5.74, 6) is -0.368. The molecule has 0 bridgehead atoms. The van der Waals surface area contributed by atoms with Gasteiger partial charge in [0.05, 0.1) is 6.61 Å². The highest BCUT2D eigenvalue weighted by Gasteiger charge is 1.93. The van der Waals surface area contributed by atoms with Crippen molar-refractivity contribution in [3.05, 3.63) is 41.6 Å². The van der Waals surface area contributed by atoms with Gasteiger partial charge in [-0.1, -0.05) is 17.7 Å². The second kappa shape index (κ2) is 6.09. The van der Waals surface area contributed by atoms with Crippen LogP contribution in [-0.4, -0.2) is 12.6 Å². The Morgan fingerprint density at radius 1 is 1.60 bits per heavy atom. The van der Waals surface area contributed by atoms with Gasteiger partial charge in [-0.05, 0) is 25.1 Å². The van der Waals surface area contributed by atoms with E-state index < -0.39 is 0 Å². The molecule has 0 atom stereocenters. The van der Waals surface area contributed by atoms with Gasteiger partial charge in [-0.2, -0.15) is 0 Å². The molecular formula is C11H12ClNO2. The van der Waals surface area contributed by atoms with Gasteiger partial charge in [0.1, 0.15) is 0 Å². The molecule has 0 aliphatic heterocycles. The zero-order chi connectivity index (χ0) is 11.1. The Kier molecular flexibility index (Phi) is 4.71. The molecule has 80 valence electrons. The fourth-order valence-corrected chi connectivity index (χ4v) is 1.16. The fraction of sp³-hybridized carbons (Fsp3) is 0.182. The van der Waals surface area contributed by atoms with E-state index in [0.29, 0.717) is 11.6 Å². The van der Waals surface area contributed by atoms with Crippen molar-refractivity contribution < 1.29 is 9.53 Å². The second-order valence-corrected chi connectivity index (χ2v) is 3.18. The van der Waals surface area contributed by atoms with Gasteiger partial charge in [0.2, 0.25) is 0 Å². The van der Waals surface area contributed by atoms with Gasteiger partial charge in [-0.15, -0.1) is 0 Å². The van der Waals surface area contributed by atoms with Gasteiger partial charge in [0, 0.05) is 23.0 Å². The van der Waals surface area contributed by atoms with Crippen LogP contribution >= 0.6 is 11.6 Å². The van der Waals surface area contributed by atoms with Gasteiger partial charge < -0.3 is 10.1 Å². The third-order valence-corrected chi connectivity index (χ3v) is 1.82. The standard InChI is InChI=1S/C11H12ClNO2/c1-2-15-11(14)6-7-13-10-5-3-4-9(12)8-10/h3-8,13H,2H2,1H3/b7-6-. The van der Waals surface area contributed by atoms with E-state index in [4.69, 9.17) is 16.3 Å². The highest BCUT2D eigenvalue weighted by atomic mass is 35.5. The Balaban J connectivity index is 2.46. The molecule has 0 unspecified atom stereocenters. The van der Waals surface area contributed by atoms with Crippen molar-refractivity contribution in [1.82, 2.24) is 0 Å². The van der Waals surface area contributed by atoms with Crippen LogP contribution in [-0.2, 0) is 9.53 Å². The van der Waals surface area contributed by atoms with Gasteiger partial charge in [0.15, 0.2) is 0 Å². The summed E-state index contributed by atoms with van der Waals surface area (Å²) < 4.78 is 4.71.